The summed E-state index contributed by atoms with van der Waals surface area (Å²) in [6.45, 7) is 18.3. The zero-order valence-electron chi connectivity index (χ0n) is 32.1. The van der Waals surface area contributed by atoms with Crippen LogP contribution in [0.15, 0.2) is 51.6 Å². The molecule has 3 spiro atoms. The van der Waals surface area contributed by atoms with Gasteiger partial charge < -0.3 is 29.2 Å². The summed E-state index contributed by atoms with van der Waals surface area (Å²) in [5.41, 5.74) is 5.76. The summed E-state index contributed by atoms with van der Waals surface area (Å²) in [6.07, 6.45) is 14.9. The largest absolute Gasteiger partial charge is 0.450 e. The molecule has 0 aromatic rings. The highest BCUT2D eigenvalue weighted by Gasteiger charge is 2.63. The maximum absolute atomic E-state index is 12.5. The van der Waals surface area contributed by atoms with Crippen molar-refractivity contribution in [3.8, 4) is 0 Å². The van der Waals surface area contributed by atoms with Crippen LogP contribution in [0.5, 0.6) is 0 Å². The number of aliphatic imine (C=N–C) groups is 1. The van der Waals surface area contributed by atoms with Gasteiger partial charge in [-0.25, -0.2) is 4.79 Å². The normalized spacial score (nSPS) is 45.6. The number of allylic oxidation sites excluding steroid dienone is 3. The molecule has 8 heteroatoms. The Hall–Kier alpha value is -2.10. The van der Waals surface area contributed by atoms with Gasteiger partial charge in [-0.2, -0.15) is 0 Å². The van der Waals surface area contributed by atoms with Crippen molar-refractivity contribution in [1.29, 1.82) is 0 Å². The second-order valence-electron chi connectivity index (χ2n) is 18.0. The first-order valence-corrected chi connectivity index (χ1v) is 20.1. The van der Waals surface area contributed by atoms with Gasteiger partial charge >= 0.3 is 5.97 Å². The first-order valence-electron chi connectivity index (χ1n) is 20.1. The van der Waals surface area contributed by atoms with Crippen LogP contribution in [0.3, 0.4) is 0 Å². The topological polar surface area (TPSA) is 107 Å². The Balaban J connectivity index is 1.25. The van der Waals surface area contributed by atoms with Crippen molar-refractivity contribution < 1.29 is 34.0 Å². The zero-order chi connectivity index (χ0) is 36.3. The Morgan fingerprint density at radius 3 is 2.45 bits per heavy atom. The number of aliphatic hydroxyl groups excluding tert-OH is 1. The van der Waals surface area contributed by atoms with Crippen LogP contribution in [0.2, 0.25) is 0 Å². The van der Waals surface area contributed by atoms with E-state index in [1.165, 1.54) is 22.4 Å². The maximum atomic E-state index is 12.5. The highest BCUT2D eigenvalue weighted by atomic mass is 16.8. The fourth-order valence-electron chi connectivity index (χ4n) is 10.7. The van der Waals surface area contributed by atoms with E-state index in [-0.39, 0.29) is 42.0 Å². The van der Waals surface area contributed by atoms with E-state index < -0.39 is 23.3 Å². The van der Waals surface area contributed by atoms with Crippen molar-refractivity contribution in [1.82, 2.24) is 0 Å². The van der Waals surface area contributed by atoms with Crippen LogP contribution in [0, 0.1) is 23.2 Å². The monoisotopic (exact) mass is 705 g/mol. The minimum Gasteiger partial charge on any atom is -0.450 e. The molecule has 7 aliphatic rings. The predicted molar refractivity (Wildman–Crippen MR) is 198 cm³/mol. The summed E-state index contributed by atoms with van der Waals surface area (Å²) in [4.78, 5) is 18.0. The third kappa shape index (κ3) is 7.02. The molecule has 0 saturated carbocycles. The first kappa shape index (κ1) is 37.2. The molecular formula is C43H63NO7. The van der Waals surface area contributed by atoms with E-state index in [2.05, 4.69) is 40.3 Å². The average Bonchev–Trinajstić information content (AvgIpc) is 3.57. The van der Waals surface area contributed by atoms with Crippen molar-refractivity contribution >= 4 is 11.7 Å². The number of nitrogens with zero attached hydrogens (tertiary/aromatic N) is 1. The van der Waals surface area contributed by atoms with Crippen LogP contribution in [-0.2, 0) is 23.7 Å². The molecule has 6 heterocycles. The number of carbonyl (C=O) groups excluding carboxylic acids is 1. The lowest BCUT2D eigenvalue weighted by Gasteiger charge is -2.56. The number of cyclic esters (lactones) is 1. The molecule has 11 atom stereocenters. The third-order valence-corrected chi connectivity index (χ3v) is 14.0. The third-order valence-electron chi connectivity index (χ3n) is 14.0. The van der Waals surface area contributed by atoms with Gasteiger partial charge in [-0.05, 0) is 128 Å². The van der Waals surface area contributed by atoms with Crippen molar-refractivity contribution in [3.63, 3.8) is 0 Å². The minimum absolute atomic E-state index is 0.0173. The van der Waals surface area contributed by atoms with Gasteiger partial charge in [-0.1, -0.05) is 43.2 Å². The highest BCUT2D eigenvalue weighted by Crippen LogP contribution is 2.55. The van der Waals surface area contributed by atoms with Crippen LogP contribution in [-0.4, -0.2) is 70.0 Å². The van der Waals surface area contributed by atoms with Crippen molar-refractivity contribution in [2.75, 3.05) is 6.54 Å². The summed E-state index contributed by atoms with van der Waals surface area (Å²) in [5.74, 6) is -1.30. The lowest BCUT2D eigenvalue weighted by atomic mass is 9.56. The van der Waals surface area contributed by atoms with E-state index in [4.69, 9.17) is 23.9 Å². The number of fused-ring (bicyclic) bond motifs is 2. The van der Waals surface area contributed by atoms with Crippen LogP contribution in [0.1, 0.15) is 138 Å². The van der Waals surface area contributed by atoms with E-state index in [9.17, 15) is 15.0 Å². The molecule has 0 amide bonds. The Morgan fingerprint density at radius 1 is 0.902 bits per heavy atom. The van der Waals surface area contributed by atoms with E-state index in [1.54, 1.807) is 6.92 Å². The van der Waals surface area contributed by atoms with Gasteiger partial charge in [-0.15, -0.1) is 0 Å². The van der Waals surface area contributed by atoms with Gasteiger partial charge in [0.2, 0.25) is 5.79 Å². The van der Waals surface area contributed by atoms with Crippen molar-refractivity contribution in [3.05, 3.63) is 46.6 Å². The van der Waals surface area contributed by atoms with Gasteiger partial charge in [0.05, 0.1) is 18.3 Å². The summed E-state index contributed by atoms with van der Waals surface area (Å²) < 4.78 is 26.3. The molecule has 6 aliphatic heterocycles. The Labute approximate surface area is 305 Å². The van der Waals surface area contributed by atoms with Gasteiger partial charge in [0.1, 0.15) is 11.7 Å². The van der Waals surface area contributed by atoms with Gasteiger partial charge in [0, 0.05) is 48.4 Å². The predicted octanol–water partition coefficient (Wildman–Crippen LogP) is 8.22. The average molecular weight is 706 g/mol. The lowest BCUT2D eigenvalue weighted by Crippen LogP contribution is -2.67. The molecule has 51 heavy (non-hydrogen) atoms. The standard InChI is InChI=1S/C43H63NO7/c1-26-9-8-10-38-41(22-29(4)30(5)25-44-38)17-15-35(37-21-28(3)39(46)48-37)31(6)36(41)20-27(2)11-12-33-14-18-42(49-33)23-32(45)24-43(51-42)40(7,47)16-13-34(19-26)50-43/h20-21,29-30,32-34,36-37,45,47H,1,8-19,22-25H2,2-7H3. The first-order chi connectivity index (χ1) is 24.1. The van der Waals surface area contributed by atoms with E-state index in [0.717, 1.165) is 69.9 Å². The lowest BCUT2D eigenvalue weighted by molar-refractivity contribution is -0.445. The quantitative estimate of drug-likeness (QED) is 0.209. The molecule has 3 fully saturated rings. The van der Waals surface area contributed by atoms with Crippen LogP contribution in [0.4, 0.5) is 0 Å². The molecule has 7 rings (SSSR count). The fourth-order valence-corrected chi connectivity index (χ4v) is 10.7. The number of ether oxygens (including phenoxy) is 4. The fraction of sp³-hybridized carbons (Fsp3) is 0.767. The van der Waals surface area contributed by atoms with E-state index >= 15 is 0 Å². The van der Waals surface area contributed by atoms with Crippen LogP contribution >= 0.6 is 0 Å². The van der Waals surface area contributed by atoms with E-state index in [1.807, 2.05) is 13.0 Å². The maximum Gasteiger partial charge on any atom is 0.334 e. The van der Waals surface area contributed by atoms with Gasteiger partial charge in [-0.3, -0.25) is 4.99 Å². The van der Waals surface area contributed by atoms with Crippen molar-refractivity contribution in [2.45, 2.75) is 179 Å². The van der Waals surface area contributed by atoms with Crippen LogP contribution < -0.4 is 0 Å². The summed E-state index contributed by atoms with van der Waals surface area (Å²) in [6, 6.07) is 0. The second kappa shape index (κ2) is 14.0. The molecule has 0 aromatic heterocycles. The van der Waals surface area contributed by atoms with E-state index in [0.29, 0.717) is 49.5 Å². The molecule has 4 bridgehead atoms. The Kier molecular flexibility index (Phi) is 10.2. The van der Waals surface area contributed by atoms with Crippen LogP contribution in [0.25, 0.3) is 0 Å². The SMILES string of the molecule is C=C1CCCC2=NCC(C)C(C)CC23CCC(C2C=C(C)C(=O)O2)=C(C)C3C=C(C)CCC2CCC3(CC(O)CC4(OC(CCC4(C)O)C1)O3)O2. The molecule has 2 N–H and O–H groups in total. The Bertz CT molecular complexity index is 1520. The number of rotatable bonds is 1. The molecular weight excluding hydrogens is 642 g/mol. The molecule has 8 nitrogen and oxygen atoms in total. The molecule has 0 radical (unpaired) electrons. The summed E-state index contributed by atoms with van der Waals surface area (Å²) in [5, 5.41) is 23.0. The minimum atomic E-state index is -1.32. The van der Waals surface area contributed by atoms with Gasteiger partial charge in [0.25, 0.3) is 0 Å². The molecule has 3 saturated heterocycles. The molecule has 1 aliphatic carbocycles. The number of hydrogen-bond acceptors (Lipinski definition) is 8. The zero-order valence-corrected chi connectivity index (χ0v) is 32.1. The number of hydrogen-bond donors (Lipinski definition) is 2. The molecule has 0 aromatic carbocycles. The number of carbonyl (C=O) groups is 1. The molecule has 11 unspecified atom stereocenters. The van der Waals surface area contributed by atoms with Crippen molar-refractivity contribution in [2.24, 2.45) is 28.2 Å². The second-order valence-corrected chi connectivity index (χ2v) is 18.0. The summed E-state index contributed by atoms with van der Waals surface area (Å²) >= 11 is 0. The highest BCUT2D eigenvalue weighted by molar-refractivity contribution is 5.92. The number of esters is 1. The smallest absolute Gasteiger partial charge is 0.334 e. The molecule has 282 valence electrons. The van der Waals surface area contributed by atoms with Gasteiger partial charge in [0.15, 0.2) is 5.79 Å². The number of aliphatic hydroxyl groups is 2. The Morgan fingerprint density at radius 2 is 1.69 bits per heavy atom. The summed E-state index contributed by atoms with van der Waals surface area (Å²) in [7, 11) is 0.